The normalized spacial score (nSPS) is 18.8. The van der Waals surface area contributed by atoms with E-state index in [2.05, 4.69) is 14.9 Å². The molecule has 2 saturated carbocycles. The Morgan fingerprint density at radius 2 is 1.83 bits per heavy atom. The summed E-state index contributed by atoms with van der Waals surface area (Å²) in [6.07, 6.45) is 9.55. The number of aromatic nitrogens is 2. The molecule has 1 heterocycles. The largest absolute Gasteiger partial charge is 0.351 e. The Labute approximate surface area is 182 Å². The smallest absolute Gasteiger partial charge is 0.276 e. The summed E-state index contributed by atoms with van der Waals surface area (Å²) in [6, 6.07) is 7.57. The Hall–Kier alpha value is -2.28. The maximum atomic E-state index is 13.7. The summed E-state index contributed by atoms with van der Waals surface area (Å²) < 4.78 is 3.88. The van der Waals surface area contributed by atoms with Crippen LogP contribution in [0.1, 0.15) is 85.4 Å². The molecule has 2 aromatic rings. The lowest BCUT2D eigenvalue weighted by Crippen LogP contribution is -2.50. The lowest BCUT2D eigenvalue weighted by molar-refractivity contribution is -0.127. The van der Waals surface area contributed by atoms with Crippen LogP contribution in [0.4, 0.5) is 0 Å². The first-order chi connectivity index (χ1) is 14.6. The van der Waals surface area contributed by atoms with Gasteiger partial charge in [0.1, 0.15) is 6.04 Å². The summed E-state index contributed by atoms with van der Waals surface area (Å²) in [6.45, 7) is 2.02. The lowest BCUT2D eigenvalue weighted by atomic mass is 9.94. The van der Waals surface area contributed by atoms with E-state index in [4.69, 9.17) is 0 Å². The first-order valence-corrected chi connectivity index (χ1v) is 11.9. The topological polar surface area (TPSA) is 75.2 Å². The maximum absolute atomic E-state index is 13.7. The van der Waals surface area contributed by atoms with Gasteiger partial charge in [-0.05, 0) is 49.7 Å². The molecule has 7 heteroatoms. The van der Waals surface area contributed by atoms with E-state index < -0.39 is 6.04 Å². The van der Waals surface area contributed by atoms with Crippen LogP contribution in [0, 0.1) is 6.92 Å². The molecule has 1 aromatic carbocycles. The summed E-state index contributed by atoms with van der Waals surface area (Å²) in [5, 5.41) is 8.97. The van der Waals surface area contributed by atoms with Crippen LogP contribution in [0.3, 0.4) is 0 Å². The lowest BCUT2D eigenvalue weighted by Gasteiger charge is -2.37. The van der Waals surface area contributed by atoms with Crippen LogP contribution in [0.2, 0.25) is 0 Å². The Morgan fingerprint density at radius 3 is 2.50 bits per heavy atom. The maximum Gasteiger partial charge on any atom is 0.276 e. The SMILES string of the molecule is Cc1cccc(C(C(=O)NC2CCCCC2)N(C(=O)c2csnn2)C2CCCC2)c1. The van der Waals surface area contributed by atoms with Gasteiger partial charge in [-0.25, -0.2) is 0 Å². The molecule has 4 rings (SSSR count). The number of carbonyl (C=O) groups is 2. The van der Waals surface area contributed by atoms with Gasteiger partial charge in [0, 0.05) is 17.5 Å². The zero-order valence-corrected chi connectivity index (χ0v) is 18.4. The number of amides is 2. The van der Waals surface area contributed by atoms with Crippen LogP contribution < -0.4 is 5.32 Å². The molecule has 160 valence electrons. The number of carbonyl (C=O) groups excluding carboxylic acids is 2. The second-order valence-electron chi connectivity index (χ2n) is 8.60. The highest BCUT2D eigenvalue weighted by Gasteiger charge is 2.39. The fraction of sp³-hybridized carbons (Fsp3) is 0.565. The van der Waals surface area contributed by atoms with Crippen LogP contribution in [0.25, 0.3) is 0 Å². The van der Waals surface area contributed by atoms with Crippen molar-refractivity contribution in [1.29, 1.82) is 0 Å². The van der Waals surface area contributed by atoms with Gasteiger partial charge in [-0.2, -0.15) is 0 Å². The molecule has 2 amide bonds. The molecule has 6 nitrogen and oxygen atoms in total. The quantitative estimate of drug-likeness (QED) is 0.742. The Morgan fingerprint density at radius 1 is 1.10 bits per heavy atom. The van der Waals surface area contributed by atoms with Gasteiger partial charge in [-0.3, -0.25) is 9.59 Å². The number of hydrogen-bond acceptors (Lipinski definition) is 5. The van der Waals surface area contributed by atoms with Crippen molar-refractivity contribution in [1.82, 2.24) is 19.8 Å². The van der Waals surface area contributed by atoms with E-state index in [9.17, 15) is 9.59 Å². The minimum atomic E-state index is -0.649. The summed E-state index contributed by atoms with van der Waals surface area (Å²) >= 11 is 1.17. The number of hydrogen-bond donors (Lipinski definition) is 1. The molecular formula is C23H30N4O2S. The summed E-state index contributed by atoms with van der Waals surface area (Å²) in [5.74, 6) is -0.267. The molecule has 1 atom stereocenters. The van der Waals surface area contributed by atoms with Crippen molar-refractivity contribution in [3.05, 3.63) is 46.5 Å². The average Bonchev–Trinajstić information content (AvgIpc) is 3.46. The fourth-order valence-corrected chi connectivity index (χ4v) is 5.30. The second kappa shape index (κ2) is 9.69. The van der Waals surface area contributed by atoms with Gasteiger partial charge in [0.05, 0.1) is 0 Å². The molecule has 0 saturated heterocycles. The monoisotopic (exact) mass is 426 g/mol. The van der Waals surface area contributed by atoms with E-state index in [1.54, 1.807) is 10.3 Å². The number of benzene rings is 1. The first-order valence-electron chi connectivity index (χ1n) is 11.1. The zero-order chi connectivity index (χ0) is 20.9. The van der Waals surface area contributed by atoms with E-state index in [0.717, 1.165) is 62.5 Å². The minimum Gasteiger partial charge on any atom is -0.351 e. The minimum absolute atomic E-state index is 0.0434. The van der Waals surface area contributed by atoms with Crippen molar-refractivity contribution < 1.29 is 9.59 Å². The van der Waals surface area contributed by atoms with Gasteiger partial charge in [0.15, 0.2) is 5.69 Å². The van der Waals surface area contributed by atoms with Gasteiger partial charge in [-0.1, -0.05) is 66.4 Å². The summed E-state index contributed by atoms with van der Waals surface area (Å²) in [4.78, 5) is 29.0. The molecule has 2 aliphatic carbocycles. The van der Waals surface area contributed by atoms with Crippen LogP contribution in [0.15, 0.2) is 29.6 Å². The van der Waals surface area contributed by atoms with Crippen molar-refractivity contribution in [3.63, 3.8) is 0 Å². The third-order valence-corrected chi connectivity index (χ3v) is 6.87. The van der Waals surface area contributed by atoms with Crippen molar-refractivity contribution in [2.24, 2.45) is 0 Å². The number of nitrogens with zero attached hydrogens (tertiary/aromatic N) is 3. The van der Waals surface area contributed by atoms with Crippen molar-refractivity contribution in [2.75, 3.05) is 0 Å². The standard InChI is InChI=1S/C23H30N4O2S/c1-16-8-7-9-17(14-16)21(22(28)24-18-10-3-2-4-11-18)27(19-12-5-6-13-19)23(29)20-15-30-26-25-20/h7-9,14-15,18-19,21H,2-6,10-13H2,1H3,(H,24,28). The molecule has 0 radical (unpaired) electrons. The van der Waals surface area contributed by atoms with Crippen molar-refractivity contribution in [2.45, 2.75) is 82.8 Å². The molecule has 1 aromatic heterocycles. The zero-order valence-electron chi connectivity index (χ0n) is 17.5. The highest BCUT2D eigenvalue weighted by molar-refractivity contribution is 7.03. The molecule has 2 fully saturated rings. The van der Waals surface area contributed by atoms with Crippen LogP contribution in [-0.4, -0.2) is 38.4 Å². The Balaban J connectivity index is 1.70. The van der Waals surface area contributed by atoms with Gasteiger partial charge in [0.25, 0.3) is 5.91 Å². The van der Waals surface area contributed by atoms with E-state index in [-0.39, 0.29) is 23.9 Å². The van der Waals surface area contributed by atoms with E-state index in [1.165, 1.54) is 18.0 Å². The van der Waals surface area contributed by atoms with Gasteiger partial charge < -0.3 is 10.2 Å². The van der Waals surface area contributed by atoms with E-state index in [0.29, 0.717) is 5.69 Å². The molecule has 0 aliphatic heterocycles. The molecule has 0 spiro atoms. The predicted octanol–water partition coefficient (Wildman–Crippen LogP) is 4.42. The highest BCUT2D eigenvalue weighted by Crippen LogP contribution is 2.33. The van der Waals surface area contributed by atoms with Gasteiger partial charge >= 0.3 is 0 Å². The fourth-order valence-electron chi connectivity index (χ4n) is 4.87. The first kappa shape index (κ1) is 21.0. The van der Waals surface area contributed by atoms with Crippen molar-refractivity contribution in [3.8, 4) is 0 Å². The van der Waals surface area contributed by atoms with Crippen molar-refractivity contribution >= 4 is 23.3 Å². The molecule has 0 bridgehead atoms. The molecular weight excluding hydrogens is 396 g/mol. The van der Waals surface area contributed by atoms with E-state index >= 15 is 0 Å². The van der Waals surface area contributed by atoms with Crippen LogP contribution in [-0.2, 0) is 4.79 Å². The molecule has 30 heavy (non-hydrogen) atoms. The van der Waals surface area contributed by atoms with Gasteiger partial charge in [-0.15, -0.1) is 5.10 Å². The third-order valence-electron chi connectivity index (χ3n) is 6.37. The molecule has 1 N–H and O–H groups in total. The Kier molecular flexibility index (Phi) is 6.77. The second-order valence-corrected chi connectivity index (χ2v) is 9.21. The number of nitrogens with one attached hydrogen (secondary N) is 1. The van der Waals surface area contributed by atoms with E-state index in [1.807, 2.05) is 31.2 Å². The predicted molar refractivity (Wildman–Crippen MR) is 117 cm³/mol. The number of aryl methyl sites for hydroxylation is 1. The molecule has 1 unspecified atom stereocenters. The number of rotatable bonds is 6. The van der Waals surface area contributed by atoms with Crippen LogP contribution >= 0.6 is 11.5 Å². The summed E-state index contributed by atoms with van der Waals surface area (Å²) in [5.41, 5.74) is 2.28. The van der Waals surface area contributed by atoms with Gasteiger partial charge in [0.2, 0.25) is 5.91 Å². The summed E-state index contributed by atoms with van der Waals surface area (Å²) in [7, 11) is 0. The third kappa shape index (κ3) is 4.72. The Bertz CT molecular complexity index is 858. The highest BCUT2D eigenvalue weighted by atomic mass is 32.1. The van der Waals surface area contributed by atoms with Crippen LogP contribution in [0.5, 0.6) is 0 Å². The molecule has 2 aliphatic rings. The average molecular weight is 427 g/mol.